The molecule has 0 saturated carbocycles. The normalized spacial score (nSPS) is 15.8. The summed E-state index contributed by atoms with van der Waals surface area (Å²) in [5.41, 5.74) is 0.648. The van der Waals surface area contributed by atoms with Crippen molar-refractivity contribution in [1.82, 2.24) is 4.90 Å². The predicted octanol–water partition coefficient (Wildman–Crippen LogP) is 2.09. The molecule has 1 aromatic rings. The number of thiocarbonyl (C=S) groups is 1. The topological polar surface area (TPSA) is 78.9 Å². The van der Waals surface area contributed by atoms with E-state index in [2.05, 4.69) is 0 Å². The lowest BCUT2D eigenvalue weighted by Crippen LogP contribution is -2.33. The molecule has 6 nitrogen and oxygen atoms in total. The number of hydrogen-bond acceptors (Lipinski definition) is 7. The Hall–Kier alpha value is -1.77. The van der Waals surface area contributed by atoms with Crippen molar-refractivity contribution in [3.8, 4) is 11.5 Å². The number of halogens is 1. The van der Waals surface area contributed by atoms with Crippen LogP contribution in [-0.4, -0.2) is 41.4 Å². The minimum absolute atomic E-state index is 0.0160. The van der Waals surface area contributed by atoms with Gasteiger partial charge in [0.05, 0.1) is 23.6 Å². The van der Waals surface area contributed by atoms with Crippen LogP contribution in [0.25, 0.3) is 6.08 Å². The highest BCUT2D eigenvalue weighted by Crippen LogP contribution is 2.38. The van der Waals surface area contributed by atoms with Crippen molar-refractivity contribution < 1.29 is 24.2 Å². The molecule has 1 heterocycles. The van der Waals surface area contributed by atoms with E-state index in [0.29, 0.717) is 37.9 Å². The van der Waals surface area contributed by atoms with Gasteiger partial charge in [-0.05, 0) is 30.7 Å². The Labute approximate surface area is 159 Å². The summed E-state index contributed by atoms with van der Waals surface area (Å²) in [4.78, 5) is 24.6. The highest BCUT2D eigenvalue weighted by molar-refractivity contribution is 8.26. The average molecular weight is 401 g/mol. The van der Waals surface area contributed by atoms with Gasteiger partial charge >= 0.3 is 0 Å². The van der Waals surface area contributed by atoms with E-state index in [-0.39, 0.29) is 18.9 Å². The molecule has 2 rings (SSSR count). The Kier molecular flexibility index (Phi) is 6.69. The highest BCUT2D eigenvalue weighted by atomic mass is 35.5. The van der Waals surface area contributed by atoms with E-state index >= 15 is 0 Å². The van der Waals surface area contributed by atoms with Crippen molar-refractivity contribution in [2.24, 2.45) is 0 Å². The summed E-state index contributed by atoms with van der Waals surface area (Å²) in [6.45, 7) is 2.25. The molecule has 1 aromatic carbocycles. The van der Waals surface area contributed by atoms with Gasteiger partial charge in [-0.15, -0.1) is 0 Å². The molecular formula is C16H15ClNO5S2-. The Morgan fingerprint density at radius 2 is 2.20 bits per heavy atom. The molecule has 0 aliphatic carbocycles. The third-order valence-electron chi connectivity index (χ3n) is 3.25. The van der Waals surface area contributed by atoms with Crippen LogP contribution in [0, 0.1) is 0 Å². The van der Waals surface area contributed by atoms with Crippen molar-refractivity contribution in [2.45, 2.75) is 13.3 Å². The fourth-order valence-corrected chi connectivity index (χ4v) is 3.78. The standard InChI is InChI=1S/C16H16ClNO5S2/c1-3-23-11-7-9(6-10(17)14(11)22-2)8-12-15(21)18(16(24)25-12)5-4-13(19)20/h6-8H,3-5H2,1-2H3,(H,19,20)/p-1/b12-8-. The molecule has 1 aliphatic rings. The number of aliphatic carboxylic acids is 1. The van der Waals surface area contributed by atoms with Crippen molar-refractivity contribution in [3.63, 3.8) is 0 Å². The highest BCUT2D eigenvalue weighted by Gasteiger charge is 2.31. The zero-order chi connectivity index (χ0) is 18.6. The molecule has 0 radical (unpaired) electrons. The number of carboxylic acid groups (broad SMARTS) is 1. The lowest BCUT2D eigenvalue weighted by molar-refractivity contribution is -0.305. The van der Waals surface area contributed by atoms with Crippen LogP contribution in [0.15, 0.2) is 17.0 Å². The minimum atomic E-state index is -1.23. The average Bonchev–Trinajstić information content (AvgIpc) is 2.79. The van der Waals surface area contributed by atoms with E-state index in [0.717, 1.165) is 11.8 Å². The number of amides is 1. The Morgan fingerprint density at radius 1 is 1.48 bits per heavy atom. The van der Waals surface area contributed by atoms with Crippen LogP contribution in [0.1, 0.15) is 18.9 Å². The fraction of sp³-hybridized carbons (Fsp3) is 0.312. The number of hydrogen-bond donors (Lipinski definition) is 0. The van der Waals surface area contributed by atoms with Crippen LogP contribution in [0.2, 0.25) is 5.02 Å². The van der Waals surface area contributed by atoms with E-state index in [1.54, 1.807) is 18.2 Å². The van der Waals surface area contributed by atoms with Gasteiger partial charge in [-0.2, -0.15) is 0 Å². The Morgan fingerprint density at radius 3 is 2.80 bits per heavy atom. The first-order valence-corrected chi connectivity index (χ1v) is 8.93. The SMILES string of the molecule is CCOc1cc(/C=C2\SC(=S)N(CCC(=O)[O-])C2=O)cc(Cl)c1OC. The van der Waals surface area contributed by atoms with Crippen molar-refractivity contribution >= 4 is 57.9 Å². The monoisotopic (exact) mass is 400 g/mol. The Balaban J connectivity index is 2.29. The molecule has 1 saturated heterocycles. The quantitative estimate of drug-likeness (QED) is 0.512. The molecule has 9 heteroatoms. The number of nitrogens with zero attached hydrogens (tertiary/aromatic N) is 1. The minimum Gasteiger partial charge on any atom is -0.550 e. The summed E-state index contributed by atoms with van der Waals surface area (Å²) >= 11 is 12.4. The third-order valence-corrected chi connectivity index (χ3v) is 4.91. The van der Waals surface area contributed by atoms with Crippen LogP contribution in [0.3, 0.4) is 0 Å². The van der Waals surface area contributed by atoms with Crippen LogP contribution in [0.5, 0.6) is 11.5 Å². The van der Waals surface area contributed by atoms with E-state index < -0.39 is 5.97 Å². The molecule has 0 N–H and O–H groups in total. The molecule has 1 fully saturated rings. The van der Waals surface area contributed by atoms with E-state index in [4.69, 9.17) is 33.3 Å². The predicted molar refractivity (Wildman–Crippen MR) is 98.7 cm³/mol. The maximum atomic E-state index is 12.4. The van der Waals surface area contributed by atoms with Crippen molar-refractivity contribution in [1.29, 1.82) is 0 Å². The second-order valence-corrected chi connectivity index (χ2v) is 7.01. The first-order valence-electron chi connectivity index (χ1n) is 7.33. The van der Waals surface area contributed by atoms with Crippen molar-refractivity contribution in [2.75, 3.05) is 20.3 Å². The number of carbonyl (C=O) groups is 2. The summed E-state index contributed by atoms with van der Waals surface area (Å²) < 4.78 is 11.0. The lowest BCUT2D eigenvalue weighted by atomic mass is 10.1. The van der Waals surface area contributed by atoms with Gasteiger partial charge in [-0.3, -0.25) is 9.69 Å². The number of benzene rings is 1. The molecule has 0 atom stereocenters. The van der Waals surface area contributed by atoms with Gasteiger partial charge in [-0.1, -0.05) is 35.6 Å². The molecule has 1 amide bonds. The summed E-state index contributed by atoms with van der Waals surface area (Å²) in [5.74, 6) is -0.694. The first kappa shape index (κ1) is 19.6. The zero-order valence-corrected chi connectivity index (χ0v) is 15.9. The van der Waals surface area contributed by atoms with Gasteiger partial charge in [0.25, 0.3) is 5.91 Å². The van der Waals surface area contributed by atoms with Gasteiger partial charge in [-0.25, -0.2) is 0 Å². The van der Waals surface area contributed by atoms with Gasteiger partial charge in [0.2, 0.25) is 0 Å². The van der Waals surface area contributed by atoms with Gasteiger partial charge in [0, 0.05) is 18.9 Å². The molecule has 134 valence electrons. The molecular weight excluding hydrogens is 386 g/mol. The number of carbonyl (C=O) groups excluding carboxylic acids is 2. The second-order valence-electron chi connectivity index (χ2n) is 4.92. The van der Waals surface area contributed by atoms with Gasteiger partial charge in [0.15, 0.2) is 11.5 Å². The maximum Gasteiger partial charge on any atom is 0.266 e. The van der Waals surface area contributed by atoms with E-state index in [1.807, 2.05) is 6.92 Å². The summed E-state index contributed by atoms with van der Waals surface area (Å²) in [5, 5.41) is 10.9. The molecule has 0 bridgehead atoms. The zero-order valence-electron chi connectivity index (χ0n) is 13.5. The molecule has 25 heavy (non-hydrogen) atoms. The summed E-state index contributed by atoms with van der Waals surface area (Å²) in [6.07, 6.45) is 1.36. The van der Waals surface area contributed by atoms with E-state index in [1.165, 1.54) is 12.0 Å². The van der Waals surface area contributed by atoms with Crippen molar-refractivity contribution in [3.05, 3.63) is 27.6 Å². The number of rotatable bonds is 7. The smallest absolute Gasteiger partial charge is 0.266 e. The van der Waals surface area contributed by atoms with E-state index in [9.17, 15) is 14.7 Å². The molecule has 0 aromatic heterocycles. The number of carboxylic acids is 1. The molecule has 0 spiro atoms. The largest absolute Gasteiger partial charge is 0.550 e. The fourth-order valence-electron chi connectivity index (χ4n) is 2.18. The third kappa shape index (κ3) is 4.65. The maximum absolute atomic E-state index is 12.4. The first-order chi connectivity index (χ1) is 11.9. The summed E-state index contributed by atoms with van der Waals surface area (Å²) in [7, 11) is 1.49. The number of methoxy groups -OCH3 is 1. The molecule has 1 aliphatic heterocycles. The number of thioether (sulfide) groups is 1. The summed E-state index contributed by atoms with van der Waals surface area (Å²) in [6, 6.07) is 3.36. The van der Waals surface area contributed by atoms with Gasteiger partial charge in [0.1, 0.15) is 4.32 Å². The van der Waals surface area contributed by atoms with Crippen LogP contribution in [-0.2, 0) is 9.59 Å². The number of ether oxygens (including phenoxy) is 2. The lowest BCUT2D eigenvalue weighted by Gasteiger charge is -2.14. The van der Waals surface area contributed by atoms with Crippen LogP contribution >= 0.6 is 35.6 Å². The van der Waals surface area contributed by atoms with Crippen LogP contribution in [0.4, 0.5) is 0 Å². The molecule has 0 unspecified atom stereocenters. The van der Waals surface area contributed by atoms with Gasteiger partial charge < -0.3 is 19.4 Å². The second kappa shape index (κ2) is 8.55. The Bertz CT molecular complexity index is 750. The van der Waals surface area contributed by atoms with Crippen LogP contribution < -0.4 is 14.6 Å².